The molecule has 5 nitrogen and oxygen atoms in total. The normalized spacial score (nSPS) is 22.2. The Morgan fingerprint density at radius 3 is 2.44 bits per heavy atom. The zero-order valence-corrected chi connectivity index (χ0v) is 11.2. The van der Waals surface area contributed by atoms with Gasteiger partial charge >= 0.3 is 12.0 Å². The number of rotatable bonds is 5. The van der Waals surface area contributed by atoms with Gasteiger partial charge in [0.25, 0.3) is 0 Å². The van der Waals surface area contributed by atoms with E-state index in [0.717, 1.165) is 37.2 Å². The molecule has 1 heterocycles. The SMILES string of the molecule is O=C(O)CC(NC(=O)NC1CCSCC1)C1CC1. The topological polar surface area (TPSA) is 78.4 Å². The van der Waals surface area contributed by atoms with Crippen LogP contribution < -0.4 is 10.6 Å². The Kier molecular flexibility index (Phi) is 4.74. The summed E-state index contributed by atoms with van der Waals surface area (Å²) in [5.41, 5.74) is 0. The number of hydrogen-bond acceptors (Lipinski definition) is 3. The predicted octanol–water partition coefficient (Wildman–Crippen LogP) is 1.43. The molecule has 6 heteroatoms. The maximum atomic E-state index is 11.8. The fraction of sp³-hybridized carbons (Fsp3) is 0.833. The van der Waals surface area contributed by atoms with Gasteiger partial charge in [-0.2, -0.15) is 11.8 Å². The molecule has 2 rings (SSSR count). The highest BCUT2D eigenvalue weighted by atomic mass is 32.2. The highest BCUT2D eigenvalue weighted by molar-refractivity contribution is 7.99. The summed E-state index contributed by atoms with van der Waals surface area (Å²) in [4.78, 5) is 22.6. The quantitative estimate of drug-likeness (QED) is 0.707. The lowest BCUT2D eigenvalue weighted by Gasteiger charge is -2.24. The van der Waals surface area contributed by atoms with Crippen LogP contribution in [0, 0.1) is 5.92 Å². The lowest BCUT2D eigenvalue weighted by atomic mass is 10.1. The molecule has 1 saturated heterocycles. The molecular weight excluding hydrogens is 252 g/mol. The van der Waals surface area contributed by atoms with Gasteiger partial charge in [-0.3, -0.25) is 4.79 Å². The van der Waals surface area contributed by atoms with Crippen molar-refractivity contribution in [1.82, 2.24) is 10.6 Å². The number of nitrogens with one attached hydrogen (secondary N) is 2. The predicted molar refractivity (Wildman–Crippen MR) is 70.8 cm³/mol. The van der Waals surface area contributed by atoms with Crippen molar-refractivity contribution in [2.45, 2.75) is 44.2 Å². The molecule has 1 aliphatic heterocycles. The van der Waals surface area contributed by atoms with Crippen molar-refractivity contribution >= 4 is 23.8 Å². The molecule has 0 spiro atoms. The van der Waals surface area contributed by atoms with Gasteiger partial charge in [0.05, 0.1) is 6.42 Å². The molecule has 1 saturated carbocycles. The Labute approximate surface area is 111 Å². The fourth-order valence-corrected chi connectivity index (χ4v) is 3.37. The number of amides is 2. The first kappa shape index (κ1) is 13.5. The molecular formula is C12H20N2O3S. The van der Waals surface area contributed by atoms with E-state index >= 15 is 0 Å². The average molecular weight is 272 g/mol. The first-order chi connectivity index (χ1) is 8.65. The van der Waals surface area contributed by atoms with Gasteiger partial charge in [-0.15, -0.1) is 0 Å². The number of thioether (sulfide) groups is 1. The summed E-state index contributed by atoms with van der Waals surface area (Å²) in [5.74, 6) is 1.69. The minimum atomic E-state index is -0.846. The second-order valence-electron chi connectivity index (χ2n) is 5.05. The number of carboxylic acids is 1. The summed E-state index contributed by atoms with van der Waals surface area (Å²) < 4.78 is 0. The van der Waals surface area contributed by atoms with E-state index in [4.69, 9.17) is 5.11 Å². The largest absolute Gasteiger partial charge is 0.481 e. The van der Waals surface area contributed by atoms with Crippen LogP contribution in [-0.2, 0) is 4.79 Å². The fourth-order valence-electron chi connectivity index (χ4n) is 2.26. The van der Waals surface area contributed by atoms with Crippen molar-refractivity contribution in [1.29, 1.82) is 0 Å². The molecule has 1 aliphatic carbocycles. The van der Waals surface area contributed by atoms with Crippen LogP contribution in [0.2, 0.25) is 0 Å². The second-order valence-corrected chi connectivity index (χ2v) is 6.27. The van der Waals surface area contributed by atoms with Crippen molar-refractivity contribution in [3.8, 4) is 0 Å². The maximum Gasteiger partial charge on any atom is 0.315 e. The first-order valence-electron chi connectivity index (χ1n) is 6.51. The van der Waals surface area contributed by atoms with Crippen LogP contribution >= 0.6 is 11.8 Å². The summed E-state index contributed by atoms with van der Waals surface area (Å²) >= 11 is 1.91. The Balaban J connectivity index is 1.75. The monoisotopic (exact) mass is 272 g/mol. The van der Waals surface area contributed by atoms with Crippen LogP contribution in [0.4, 0.5) is 4.79 Å². The van der Waals surface area contributed by atoms with Crippen LogP contribution in [-0.4, -0.2) is 40.7 Å². The van der Waals surface area contributed by atoms with Crippen molar-refractivity contribution in [2.75, 3.05) is 11.5 Å². The van der Waals surface area contributed by atoms with E-state index in [1.54, 1.807) is 0 Å². The van der Waals surface area contributed by atoms with E-state index in [1.807, 2.05) is 11.8 Å². The van der Waals surface area contributed by atoms with Gasteiger partial charge in [-0.25, -0.2) is 4.79 Å². The molecule has 0 aromatic rings. The number of carbonyl (C=O) groups is 2. The number of carboxylic acid groups (broad SMARTS) is 1. The lowest BCUT2D eigenvalue weighted by Crippen LogP contribution is -2.48. The molecule has 0 bridgehead atoms. The van der Waals surface area contributed by atoms with Crippen LogP contribution in [0.5, 0.6) is 0 Å². The van der Waals surface area contributed by atoms with Crippen LogP contribution in [0.25, 0.3) is 0 Å². The molecule has 102 valence electrons. The first-order valence-corrected chi connectivity index (χ1v) is 7.67. The van der Waals surface area contributed by atoms with Gasteiger partial charge in [0.15, 0.2) is 0 Å². The number of urea groups is 1. The Morgan fingerprint density at radius 2 is 1.89 bits per heavy atom. The van der Waals surface area contributed by atoms with Crippen molar-refractivity contribution in [3.63, 3.8) is 0 Å². The highest BCUT2D eigenvalue weighted by Crippen LogP contribution is 2.34. The molecule has 2 aliphatic rings. The summed E-state index contributed by atoms with van der Waals surface area (Å²) in [6.45, 7) is 0. The summed E-state index contributed by atoms with van der Waals surface area (Å²) in [7, 11) is 0. The van der Waals surface area contributed by atoms with Crippen molar-refractivity contribution in [2.24, 2.45) is 5.92 Å². The molecule has 0 aromatic heterocycles. The molecule has 2 amide bonds. The van der Waals surface area contributed by atoms with Crippen LogP contribution in [0.15, 0.2) is 0 Å². The zero-order valence-electron chi connectivity index (χ0n) is 10.4. The summed E-state index contributed by atoms with van der Waals surface area (Å²) in [6, 6.07) is -0.165. The summed E-state index contributed by atoms with van der Waals surface area (Å²) in [6.07, 6.45) is 4.09. The van der Waals surface area contributed by atoms with E-state index in [2.05, 4.69) is 10.6 Å². The van der Waals surface area contributed by atoms with E-state index in [-0.39, 0.29) is 24.5 Å². The van der Waals surface area contributed by atoms with Gasteiger partial charge in [-0.1, -0.05) is 0 Å². The van der Waals surface area contributed by atoms with E-state index in [0.29, 0.717) is 5.92 Å². The average Bonchev–Trinajstić information content (AvgIpc) is 3.12. The molecule has 0 radical (unpaired) electrons. The third kappa shape index (κ3) is 4.40. The Morgan fingerprint density at radius 1 is 1.22 bits per heavy atom. The molecule has 0 aromatic carbocycles. The van der Waals surface area contributed by atoms with E-state index < -0.39 is 5.97 Å². The maximum absolute atomic E-state index is 11.8. The minimum absolute atomic E-state index is 0.0264. The minimum Gasteiger partial charge on any atom is -0.481 e. The highest BCUT2D eigenvalue weighted by Gasteiger charge is 2.34. The van der Waals surface area contributed by atoms with E-state index in [1.165, 1.54) is 0 Å². The van der Waals surface area contributed by atoms with Gasteiger partial charge < -0.3 is 15.7 Å². The van der Waals surface area contributed by atoms with Gasteiger partial charge in [0, 0.05) is 12.1 Å². The van der Waals surface area contributed by atoms with Crippen LogP contribution in [0.1, 0.15) is 32.1 Å². The van der Waals surface area contributed by atoms with Crippen molar-refractivity contribution < 1.29 is 14.7 Å². The molecule has 3 N–H and O–H groups in total. The van der Waals surface area contributed by atoms with Gasteiger partial charge in [0.1, 0.15) is 0 Å². The smallest absolute Gasteiger partial charge is 0.315 e. The Hall–Kier alpha value is -0.910. The Bertz CT molecular complexity index is 314. The van der Waals surface area contributed by atoms with Gasteiger partial charge in [-0.05, 0) is 43.1 Å². The van der Waals surface area contributed by atoms with E-state index in [9.17, 15) is 9.59 Å². The number of aliphatic carboxylic acids is 1. The number of carbonyl (C=O) groups excluding carboxylic acids is 1. The second kappa shape index (κ2) is 6.31. The molecule has 18 heavy (non-hydrogen) atoms. The molecule has 2 fully saturated rings. The standard InChI is InChI=1S/C12H20N2O3S/c15-11(16)7-10(8-1-2-8)14-12(17)13-9-3-5-18-6-4-9/h8-10H,1-7H2,(H,15,16)(H2,13,14,17). The van der Waals surface area contributed by atoms with Crippen LogP contribution in [0.3, 0.4) is 0 Å². The third-order valence-corrected chi connectivity index (χ3v) is 4.51. The third-order valence-electron chi connectivity index (χ3n) is 3.46. The van der Waals surface area contributed by atoms with Crippen molar-refractivity contribution in [3.05, 3.63) is 0 Å². The molecule has 1 unspecified atom stereocenters. The zero-order chi connectivity index (χ0) is 13.0. The summed E-state index contributed by atoms with van der Waals surface area (Å²) in [5, 5.41) is 14.6. The van der Waals surface area contributed by atoms with Gasteiger partial charge in [0.2, 0.25) is 0 Å². The molecule has 1 atom stereocenters. The lowest BCUT2D eigenvalue weighted by molar-refractivity contribution is -0.137. The number of hydrogen-bond donors (Lipinski definition) is 3.